The topological polar surface area (TPSA) is 12.0 Å². The maximum atomic E-state index is 6.10. The average molecular weight is 226 g/mol. The van der Waals surface area contributed by atoms with Crippen LogP contribution in [-0.2, 0) is 6.54 Å². The lowest BCUT2D eigenvalue weighted by molar-refractivity contribution is 0.329. The van der Waals surface area contributed by atoms with Crippen molar-refractivity contribution in [2.24, 2.45) is 0 Å². The van der Waals surface area contributed by atoms with E-state index in [1.54, 1.807) is 0 Å². The van der Waals surface area contributed by atoms with E-state index >= 15 is 0 Å². The summed E-state index contributed by atoms with van der Waals surface area (Å²) in [6.07, 6.45) is 2.27. The minimum absolute atomic E-state index is 0.221. The van der Waals surface area contributed by atoms with Crippen molar-refractivity contribution in [3.8, 4) is 0 Å². The van der Waals surface area contributed by atoms with E-state index in [4.69, 9.17) is 11.6 Å². The first kappa shape index (κ1) is 12.5. The highest BCUT2D eigenvalue weighted by molar-refractivity contribution is 6.31. The summed E-state index contributed by atoms with van der Waals surface area (Å²) in [5, 5.41) is 4.41. The number of nitrogens with one attached hydrogen (secondary N) is 1. The van der Waals surface area contributed by atoms with Crippen molar-refractivity contribution >= 4 is 11.6 Å². The number of hydrogen-bond donors (Lipinski definition) is 1. The maximum absolute atomic E-state index is 6.10. The van der Waals surface area contributed by atoms with Gasteiger partial charge in [-0.25, -0.2) is 0 Å². The van der Waals surface area contributed by atoms with Gasteiger partial charge in [-0.15, -0.1) is 0 Å². The molecule has 1 rings (SSSR count). The second-order valence-electron chi connectivity index (χ2n) is 4.21. The Labute approximate surface area is 97.8 Å². The van der Waals surface area contributed by atoms with Crippen molar-refractivity contribution in [1.29, 1.82) is 0 Å². The molecule has 0 bridgehead atoms. The van der Waals surface area contributed by atoms with Gasteiger partial charge in [-0.2, -0.15) is 0 Å². The Morgan fingerprint density at radius 1 is 1.20 bits per heavy atom. The predicted octanol–water partition coefficient (Wildman–Crippen LogP) is 4.01. The zero-order chi connectivity index (χ0) is 11.3. The van der Waals surface area contributed by atoms with Gasteiger partial charge in [-0.3, -0.25) is 0 Å². The van der Waals surface area contributed by atoms with Crippen molar-refractivity contribution in [1.82, 2.24) is 5.32 Å². The molecule has 0 amide bonds. The Morgan fingerprint density at radius 2 is 1.80 bits per heavy atom. The zero-order valence-corrected chi connectivity index (χ0v) is 10.6. The van der Waals surface area contributed by atoms with Gasteiger partial charge in [0.25, 0.3) is 0 Å². The lowest BCUT2D eigenvalue weighted by Crippen LogP contribution is -2.40. The summed E-state index contributed by atoms with van der Waals surface area (Å²) in [5.74, 6) is 0. The van der Waals surface area contributed by atoms with Crippen molar-refractivity contribution < 1.29 is 0 Å². The number of benzene rings is 1. The Hall–Kier alpha value is -0.530. The van der Waals surface area contributed by atoms with Crippen LogP contribution in [-0.4, -0.2) is 5.54 Å². The Kier molecular flexibility index (Phi) is 4.62. The Bertz CT molecular complexity index is 305. The van der Waals surface area contributed by atoms with Crippen LogP contribution in [0.5, 0.6) is 0 Å². The highest BCUT2D eigenvalue weighted by Gasteiger charge is 2.18. The predicted molar refractivity (Wildman–Crippen MR) is 67.3 cm³/mol. The minimum Gasteiger partial charge on any atom is -0.307 e. The van der Waals surface area contributed by atoms with Gasteiger partial charge in [-0.1, -0.05) is 43.6 Å². The van der Waals surface area contributed by atoms with Crippen LogP contribution in [0.4, 0.5) is 0 Å². The van der Waals surface area contributed by atoms with Crippen LogP contribution in [0.25, 0.3) is 0 Å². The lowest BCUT2D eigenvalue weighted by atomic mass is 9.95. The molecule has 0 saturated heterocycles. The molecule has 1 aromatic rings. The molecule has 0 aliphatic heterocycles. The molecule has 0 saturated carbocycles. The summed E-state index contributed by atoms with van der Waals surface area (Å²) < 4.78 is 0. The van der Waals surface area contributed by atoms with Crippen molar-refractivity contribution in [3.63, 3.8) is 0 Å². The fourth-order valence-corrected chi connectivity index (χ4v) is 1.65. The molecule has 0 unspecified atom stereocenters. The van der Waals surface area contributed by atoms with Crippen LogP contribution in [0.1, 0.15) is 39.2 Å². The molecule has 0 radical (unpaired) electrons. The Balaban J connectivity index is 2.61. The number of hydrogen-bond acceptors (Lipinski definition) is 1. The molecule has 1 nitrogen and oxygen atoms in total. The molecule has 0 spiro atoms. The molecule has 15 heavy (non-hydrogen) atoms. The second-order valence-corrected chi connectivity index (χ2v) is 4.62. The summed E-state index contributed by atoms with van der Waals surface area (Å²) in [5.41, 5.74) is 1.39. The summed E-state index contributed by atoms with van der Waals surface area (Å²) >= 11 is 6.10. The second kappa shape index (κ2) is 5.53. The lowest BCUT2D eigenvalue weighted by Gasteiger charge is -2.28. The summed E-state index contributed by atoms with van der Waals surface area (Å²) in [6, 6.07) is 8.00. The molecule has 0 fully saturated rings. The molecular weight excluding hydrogens is 206 g/mol. The highest BCUT2D eigenvalue weighted by atomic mass is 35.5. The molecule has 1 aromatic carbocycles. The van der Waals surface area contributed by atoms with Gasteiger partial charge >= 0.3 is 0 Å². The minimum atomic E-state index is 0.221. The fourth-order valence-electron chi connectivity index (χ4n) is 1.45. The van der Waals surface area contributed by atoms with Crippen LogP contribution >= 0.6 is 11.6 Å². The zero-order valence-electron chi connectivity index (χ0n) is 9.81. The first-order valence-electron chi connectivity index (χ1n) is 5.59. The van der Waals surface area contributed by atoms with Crippen LogP contribution in [0.2, 0.25) is 5.02 Å². The summed E-state index contributed by atoms with van der Waals surface area (Å²) in [7, 11) is 0. The van der Waals surface area contributed by atoms with Crippen molar-refractivity contribution in [3.05, 3.63) is 34.9 Å². The molecule has 1 N–H and O–H groups in total. The molecule has 2 heteroatoms. The first-order chi connectivity index (χ1) is 7.11. The molecule has 84 valence electrons. The van der Waals surface area contributed by atoms with Gasteiger partial charge in [0.1, 0.15) is 0 Å². The maximum Gasteiger partial charge on any atom is 0.0450 e. The van der Waals surface area contributed by atoms with E-state index in [0.29, 0.717) is 0 Å². The quantitative estimate of drug-likeness (QED) is 0.799. The molecule has 0 aliphatic rings. The third-order valence-electron chi connectivity index (χ3n) is 3.22. The van der Waals surface area contributed by atoms with E-state index in [-0.39, 0.29) is 5.54 Å². The molecule has 0 aliphatic carbocycles. The standard InChI is InChI=1S/C13H20ClN/c1-4-13(3,5-2)15-10-11-8-6-7-9-12(11)14/h6-9,15H,4-5,10H2,1-3H3. The van der Waals surface area contributed by atoms with E-state index in [1.807, 2.05) is 18.2 Å². The number of rotatable bonds is 5. The van der Waals surface area contributed by atoms with E-state index in [2.05, 4.69) is 32.2 Å². The summed E-state index contributed by atoms with van der Waals surface area (Å²) in [4.78, 5) is 0. The monoisotopic (exact) mass is 225 g/mol. The van der Waals surface area contributed by atoms with Gasteiger partial charge in [0.05, 0.1) is 0 Å². The molecular formula is C13H20ClN. The van der Waals surface area contributed by atoms with Crippen molar-refractivity contribution in [2.45, 2.75) is 45.7 Å². The van der Waals surface area contributed by atoms with Gasteiger partial charge in [0, 0.05) is 17.1 Å². The SMILES string of the molecule is CCC(C)(CC)NCc1ccccc1Cl. The highest BCUT2D eigenvalue weighted by Crippen LogP contribution is 2.18. The van der Waals surface area contributed by atoms with E-state index < -0.39 is 0 Å². The van der Waals surface area contributed by atoms with Crippen LogP contribution < -0.4 is 5.32 Å². The Morgan fingerprint density at radius 3 is 2.33 bits per heavy atom. The summed E-state index contributed by atoms with van der Waals surface area (Å²) in [6.45, 7) is 7.52. The van der Waals surface area contributed by atoms with E-state index in [1.165, 1.54) is 5.56 Å². The van der Waals surface area contributed by atoms with E-state index in [0.717, 1.165) is 24.4 Å². The molecule has 0 aromatic heterocycles. The van der Waals surface area contributed by atoms with Gasteiger partial charge in [0.15, 0.2) is 0 Å². The largest absolute Gasteiger partial charge is 0.307 e. The molecule has 0 atom stereocenters. The van der Waals surface area contributed by atoms with Gasteiger partial charge in [0.2, 0.25) is 0 Å². The fraction of sp³-hybridized carbons (Fsp3) is 0.538. The van der Waals surface area contributed by atoms with Crippen molar-refractivity contribution in [2.75, 3.05) is 0 Å². The van der Waals surface area contributed by atoms with Gasteiger partial charge < -0.3 is 5.32 Å². The third kappa shape index (κ3) is 3.51. The van der Waals surface area contributed by atoms with Crippen LogP contribution in [0.15, 0.2) is 24.3 Å². The third-order valence-corrected chi connectivity index (χ3v) is 3.59. The number of halogens is 1. The van der Waals surface area contributed by atoms with Crippen LogP contribution in [0, 0.1) is 0 Å². The smallest absolute Gasteiger partial charge is 0.0450 e. The normalized spacial score (nSPS) is 11.7. The first-order valence-corrected chi connectivity index (χ1v) is 5.97. The van der Waals surface area contributed by atoms with Gasteiger partial charge in [-0.05, 0) is 31.4 Å². The molecule has 0 heterocycles. The van der Waals surface area contributed by atoms with E-state index in [9.17, 15) is 0 Å². The average Bonchev–Trinajstić information content (AvgIpc) is 2.28. The van der Waals surface area contributed by atoms with Crippen LogP contribution in [0.3, 0.4) is 0 Å².